The van der Waals surface area contributed by atoms with Crippen LogP contribution in [0.2, 0.25) is 0 Å². The van der Waals surface area contributed by atoms with E-state index in [2.05, 4.69) is 15.6 Å². The van der Waals surface area contributed by atoms with Crippen molar-refractivity contribution in [3.8, 4) is 0 Å². The zero-order chi connectivity index (χ0) is 24.4. The summed E-state index contributed by atoms with van der Waals surface area (Å²) in [4.78, 5) is 51.2. The molecule has 0 unspecified atom stereocenters. The lowest BCUT2D eigenvalue weighted by molar-refractivity contribution is -0.567. The fraction of sp³-hybridized carbons (Fsp3) is 0.632. The molecule has 11 nitrogen and oxygen atoms in total. The summed E-state index contributed by atoms with van der Waals surface area (Å²) in [6.45, 7) is 8.74. The van der Waals surface area contributed by atoms with Crippen LogP contribution in [-0.4, -0.2) is 75.7 Å². The highest BCUT2D eigenvalue weighted by atomic mass is 32.2. The molecule has 5 N–H and O–H groups in total. The van der Waals surface area contributed by atoms with Crippen LogP contribution < -0.4 is 21.1 Å². The lowest BCUT2D eigenvalue weighted by Gasteiger charge is -2.33. The molecule has 13 heteroatoms. The number of nitrogens with two attached hydrogens (primary N) is 1. The van der Waals surface area contributed by atoms with Crippen LogP contribution in [0, 0.1) is 0 Å². The van der Waals surface area contributed by atoms with Gasteiger partial charge in [-0.05, 0) is 39.5 Å². The van der Waals surface area contributed by atoms with E-state index in [1.54, 1.807) is 0 Å². The van der Waals surface area contributed by atoms with Gasteiger partial charge >= 0.3 is 11.9 Å². The number of hydrogen-bond acceptors (Lipinski definition) is 10. The largest absolute Gasteiger partial charge is 0.543 e. The summed E-state index contributed by atoms with van der Waals surface area (Å²) in [6.07, 6.45) is 0. The average molecular weight is 491 g/mol. The Morgan fingerprint density at radius 3 is 2.50 bits per heavy atom. The fourth-order valence-corrected chi connectivity index (χ4v) is 4.73. The summed E-state index contributed by atoms with van der Waals surface area (Å²) < 4.78 is 4.83. The highest BCUT2D eigenvalue weighted by molar-refractivity contribution is 8.13. The van der Waals surface area contributed by atoms with Gasteiger partial charge in [-0.2, -0.15) is 0 Å². The van der Waals surface area contributed by atoms with Crippen LogP contribution in [0.4, 0.5) is 0 Å². The van der Waals surface area contributed by atoms with E-state index in [-0.39, 0.29) is 41.5 Å². The first-order valence-corrected chi connectivity index (χ1v) is 12.0. The van der Waals surface area contributed by atoms with Crippen molar-refractivity contribution >= 4 is 52.5 Å². The Labute approximate surface area is 195 Å². The van der Waals surface area contributed by atoms with Crippen molar-refractivity contribution in [3.05, 3.63) is 11.3 Å². The molecule has 0 saturated heterocycles. The number of carbonyl (C=O) groups excluding carboxylic acids is 3. The molecule has 180 valence electrons. The fourth-order valence-electron chi connectivity index (χ4n) is 2.52. The van der Waals surface area contributed by atoms with E-state index < -0.39 is 35.2 Å². The molecular weight excluding hydrogens is 460 g/mol. The summed E-state index contributed by atoms with van der Waals surface area (Å²) in [7, 11) is 0. The van der Waals surface area contributed by atoms with Crippen molar-refractivity contribution in [3.63, 3.8) is 0 Å². The van der Waals surface area contributed by atoms with Crippen LogP contribution in [0.15, 0.2) is 16.3 Å². The number of aliphatic imine (C=N–C) groups is 1. The SMILES string of the molecule is CC(=O)OCC1=C(C(=O)[O-])N[C@@H]([C@H](NC(=O)CSC(=NC(C)C)[NH2+]C(C)C)C(=O)O)SC1. The highest BCUT2D eigenvalue weighted by Crippen LogP contribution is 2.25. The topological polar surface area (TPSA) is 174 Å². The molecule has 0 aromatic heterocycles. The number of nitrogens with zero attached hydrogens (tertiary/aromatic N) is 1. The number of thioether (sulfide) groups is 2. The zero-order valence-electron chi connectivity index (χ0n) is 18.7. The summed E-state index contributed by atoms with van der Waals surface area (Å²) >= 11 is 2.28. The quantitative estimate of drug-likeness (QED) is 0.156. The third-order valence-electron chi connectivity index (χ3n) is 3.83. The molecule has 1 aliphatic heterocycles. The van der Waals surface area contributed by atoms with Gasteiger partial charge < -0.3 is 30.4 Å². The number of carboxylic acid groups (broad SMARTS) is 2. The van der Waals surface area contributed by atoms with Crippen LogP contribution >= 0.6 is 23.5 Å². The Bertz CT molecular complexity index is 784. The first kappa shape index (κ1) is 27.8. The molecule has 1 rings (SSSR count). The molecular formula is C19H30N4O7S2. The number of hydrogen-bond donors (Lipinski definition) is 4. The maximum Gasteiger partial charge on any atom is 0.329 e. The third kappa shape index (κ3) is 9.92. The van der Waals surface area contributed by atoms with Crippen LogP contribution in [0.5, 0.6) is 0 Å². The molecule has 0 aromatic carbocycles. The number of aliphatic carboxylic acids is 2. The predicted molar refractivity (Wildman–Crippen MR) is 120 cm³/mol. The Balaban J connectivity index is 2.85. The van der Waals surface area contributed by atoms with E-state index in [4.69, 9.17) is 4.74 Å². The summed E-state index contributed by atoms with van der Waals surface area (Å²) in [5, 5.41) is 27.8. The molecule has 0 aliphatic carbocycles. The maximum absolute atomic E-state index is 12.4. The smallest absolute Gasteiger partial charge is 0.329 e. The van der Waals surface area contributed by atoms with E-state index in [1.807, 2.05) is 33.0 Å². The van der Waals surface area contributed by atoms with Gasteiger partial charge in [-0.25, -0.2) is 9.79 Å². The Hall–Kier alpha value is -2.25. The maximum atomic E-state index is 12.4. The van der Waals surface area contributed by atoms with Gasteiger partial charge in [0.2, 0.25) is 5.91 Å². The van der Waals surface area contributed by atoms with E-state index in [0.29, 0.717) is 5.17 Å². The molecule has 0 spiro atoms. The van der Waals surface area contributed by atoms with Gasteiger partial charge in [-0.1, -0.05) is 0 Å². The Kier molecular flexibility index (Phi) is 11.6. The second-order valence-electron chi connectivity index (χ2n) is 7.57. The second kappa shape index (κ2) is 13.3. The van der Waals surface area contributed by atoms with E-state index in [9.17, 15) is 29.4 Å². The zero-order valence-corrected chi connectivity index (χ0v) is 20.3. The number of ether oxygens (including phenoxy) is 1. The average Bonchev–Trinajstić information content (AvgIpc) is 2.67. The van der Waals surface area contributed by atoms with Crippen molar-refractivity contribution in [1.29, 1.82) is 0 Å². The molecule has 0 aromatic rings. The van der Waals surface area contributed by atoms with Crippen LogP contribution in [0.3, 0.4) is 0 Å². The van der Waals surface area contributed by atoms with Gasteiger partial charge in [0.25, 0.3) is 5.17 Å². The van der Waals surface area contributed by atoms with Crippen molar-refractivity contribution < 1.29 is 39.4 Å². The standard InChI is InChI=1S/C19H30N4O7S2/c1-9(2)20-19(21-10(3)4)32-8-13(25)22-15(18(28)29)16-23-14(17(26)27)12(7-31-16)6-30-11(5)24/h9-10,15-16,23H,6-8H2,1-5H3,(H,20,21)(H,22,25)(H,26,27)(H,28,29)/t15-,16+/m0/s1. The molecule has 32 heavy (non-hydrogen) atoms. The van der Waals surface area contributed by atoms with Crippen molar-refractivity contribution in [2.24, 2.45) is 4.99 Å². The minimum atomic E-state index is -1.55. The monoisotopic (exact) mass is 490 g/mol. The van der Waals surface area contributed by atoms with Gasteiger partial charge in [-0.15, -0.1) is 11.8 Å². The van der Waals surface area contributed by atoms with Gasteiger partial charge in [0.05, 0.1) is 29.5 Å². The molecule has 0 fully saturated rings. The Morgan fingerprint density at radius 1 is 1.34 bits per heavy atom. The molecule has 1 amide bonds. The number of quaternary nitrogens is 1. The minimum Gasteiger partial charge on any atom is -0.543 e. The van der Waals surface area contributed by atoms with Crippen LogP contribution in [0.25, 0.3) is 0 Å². The van der Waals surface area contributed by atoms with E-state index in [0.717, 1.165) is 11.8 Å². The Morgan fingerprint density at radius 2 is 2.00 bits per heavy atom. The third-order valence-corrected chi connectivity index (χ3v) is 6.04. The van der Waals surface area contributed by atoms with Crippen molar-refractivity contribution in [1.82, 2.24) is 10.6 Å². The van der Waals surface area contributed by atoms with E-state index in [1.165, 1.54) is 18.7 Å². The molecule has 2 atom stereocenters. The minimum absolute atomic E-state index is 0.0428. The summed E-state index contributed by atoms with van der Waals surface area (Å²) in [5.41, 5.74) is -0.0889. The number of carbonyl (C=O) groups is 4. The van der Waals surface area contributed by atoms with Gasteiger partial charge in [-0.3, -0.25) is 14.9 Å². The number of nitrogens with one attached hydrogen (secondary N) is 2. The first-order chi connectivity index (χ1) is 14.9. The molecule has 0 bridgehead atoms. The van der Waals surface area contributed by atoms with E-state index >= 15 is 0 Å². The predicted octanol–water partition coefficient (Wildman–Crippen LogP) is -1.75. The van der Waals surface area contributed by atoms with Crippen LogP contribution in [0.1, 0.15) is 34.6 Å². The van der Waals surface area contributed by atoms with Crippen molar-refractivity contribution in [2.45, 2.75) is 58.1 Å². The highest BCUT2D eigenvalue weighted by Gasteiger charge is 2.34. The second-order valence-corrected chi connectivity index (χ2v) is 9.69. The number of amides is 1. The van der Waals surface area contributed by atoms with Gasteiger partial charge in [0.1, 0.15) is 12.0 Å². The number of rotatable bonds is 10. The lowest BCUT2D eigenvalue weighted by atomic mass is 10.2. The summed E-state index contributed by atoms with van der Waals surface area (Å²) in [6, 6.07) is -1.12. The first-order valence-electron chi connectivity index (χ1n) is 9.93. The molecule has 1 heterocycles. The van der Waals surface area contributed by atoms with Crippen molar-refractivity contribution in [2.75, 3.05) is 18.1 Å². The van der Waals surface area contributed by atoms with Gasteiger partial charge in [0.15, 0.2) is 6.04 Å². The number of carboxylic acids is 2. The normalized spacial score (nSPS) is 17.7. The number of amidine groups is 1. The summed E-state index contributed by atoms with van der Waals surface area (Å²) in [5.74, 6) is -3.93. The van der Waals surface area contributed by atoms with Crippen LogP contribution in [-0.2, 0) is 23.9 Å². The van der Waals surface area contributed by atoms with Gasteiger partial charge in [0, 0.05) is 18.2 Å². The number of esters is 1. The lowest BCUT2D eigenvalue weighted by Crippen LogP contribution is -2.91. The molecule has 0 radical (unpaired) electrons. The molecule has 0 saturated carbocycles. The molecule has 1 aliphatic rings.